The number of primary amides is 1. The molecule has 0 aliphatic heterocycles. The average molecular weight is 337 g/mol. The fraction of sp³-hybridized carbons (Fsp3) is 0.278. The lowest BCUT2D eigenvalue weighted by Crippen LogP contribution is -2.18. The summed E-state index contributed by atoms with van der Waals surface area (Å²) in [7, 11) is 0. The Balaban J connectivity index is 2.53. The van der Waals surface area contributed by atoms with Crippen LogP contribution in [0, 0.1) is 0 Å². The van der Waals surface area contributed by atoms with E-state index in [1.165, 1.54) is 26.0 Å². The minimum Gasteiger partial charge on any atom is -0.386 e. The van der Waals surface area contributed by atoms with Gasteiger partial charge in [-0.3, -0.25) is 4.79 Å². The maximum atomic E-state index is 13.1. The van der Waals surface area contributed by atoms with Crippen molar-refractivity contribution >= 4 is 5.91 Å². The lowest BCUT2D eigenvalue weighted by atomic mass is 9.91. The van der Waals surface area contributed by atoms with Gasteiger partial charge in [0.1, 0.15) is 0 Å². The monoisotopic (exact) mass is 337 g/mol. The quantitative estimate of drug-likeness (QED) is 0.895. The van der Waals surface area contributed by atoms with Crippen molar-refractivity contribution in [2.75, 3.05) is 0 Å². The second-order valence-corrected chi connectivity index (χ2v) is 6.17. The summed E-state index contributed by atoms with van der Waals surface area (Å²) in [4.78, 5) is 11.5. The van der Waals surface area contributed by atoms with Crippen LogP contribution in [0.15, 0.2) is 42.5 Å². The van der Waals surface area contributed by atoms with E-state index in [0.29, 0.717) is 11.1 Å². The molecule has 0 atom stereocenters. The molecular formula is C18H18F3NO2. The van der Waals surface area contributed by atoms with E-state index in [0.717, 1.165) is 12.1 Å². The number of aliphatic hydroxyl groups is 1. The third-order valence-electron chi connectivity index (χ3n) is 3.70. The zero-order chi connectivity index (χ0) is 18.1. The molecule has 0 fully saturated rings. The molecule has 2 aromatic carbocycles. The van der Waals surface area contributed by atoms with Gasteiger partial charge in [0, 0.05) is 5.56 Å². The highest BCUT2D eigenvalue weighted by molar-refractivity contribution is 5.94. The first-order valence-electron chi connectivity index (χ1n) is 7.30. The highest BCUT2D eigenvalue weighted by atomic mass is 19.4. The minimum absolute atomic E-state index is 0.103. The van der Waals surface area contributed by atoms with Gasteiger partial charge in [0.25, 0.3) is 0 Å². The standard InChI is InChI=1S/C18H18F3NO2/c1-17(2,24)13-8-11(9-14(10-13)18(19,20)21)7-12-5-3-4-6-15(12)16(22)23/h3-6,8-10,24H,7H2,1-2H3,(H2,22,23). The molecule has 0 saturated heterocycles. The van der Waals surface area contributed by atoms with Crippen LogP contribution in [0.2, 0.25) is 0 Å². The SMILES string of the molecule is CC(C)(O)c1cc(Cc2ccccc2C(N)=O)cc(C(F)(F)F)c1. The zero-order valence-electron chi connectivity index (χ0n) is 13.3. The number of halogens is 3. The Morgan fingerprint density at radius 2 is 1.67 bits per heavy atom. The van der Waals surface area contributed by atoms with E-state index in [1.807, 2.05) is 0 Å². The first-order chi connectivity index (χ1) is 11.0. The van der Waals surface area contributed by atoms with E-state index in [2.05, 4.69) is 0 Å². The molecule has 6 heteroatoms. The van der Waals surface area contributed by atoms with Crippen LogP contribution < -0.4 is 5.73 Å². The summed E-state index contributed by atoms with van der Waals surface area (Å²) in [6, 6.07) is 9.96. The van der Waals surface area contributed by atoms with Gasteiger partial charge in [-0.25, -0.2) is 0 Å². The first-order valence-corrected chi connectivity index (χ1v) is 7.30. The summed E-state index contributed by atoms with van der Waals surface area (Å²) in [5, 5.41) is 10.1. The third-order valence-corrected chi connectivity index (χ3v) is 3.70. The molecule has 0 saturated carbocycles. The maximum absolute atomic E-state index is 13.1. The largest absolute Gasteiger partial charge is 0.416 e. The van der Waals surface area contributed by atoms with Crippen LogP contribution in [0.1, 0.15) is 46.5 Å². The normalized spacial score (nSPS) is 12.2. The molecule has 0 aliphatic rings. The molecule has 0 unspecified atom stereocenters. The summed E-state index contributed by atoms with van der Waals surface area (Å²) < 4.78 is 39.4. The molecule has 128 valence electrons. The molecule has 1 amide bonds. The van der Waals surface area contributed by atoms with Crippen LogP contribution in [0.4, 0.5) is 13.2 Å². The van der Waals surface area contributed by atoms with Crippen molar-refractivity contribution < 1.29 is 23.1 Å². The molecule has 0 heterocycles. The van der Waals surface area contributed by atoms with E-state index in [1.54, 1.807) is 18.2 Å². The Kier molecular flexibility index (Phi) is 4.71. The summed E-state index contributed by atoms with van der Waals surface area (Å²) in [5.74, 6) is -0.639. The van der Waals surface area contributed by atoms with Gasteiger partial charge in [0.15, 0.2) is 0 Å². The number of hydrogen-bond donors (Lipinski definition) is 2. The Hall–Kier alpha value is -2.34. The summed E-state index contributed by atoms with van der Waals surface area (Å²) in [6.45, 7) is 2.84. The maximum Gasteiger partial charge on any atom is 0.416 e. The predicted molar refractivity (Wildman–Crippen MR) is 84.5 cm³/mol. The third kappa shape index (κ3) is 4.14. The van der Waals surface area contributed by atoms with Crippen molar-refractivity contribution in [3.63, 3.8) is 0 Å². The second-order valence-electron chi connectivity index (χ2n) is 6.17. The van der Waals surface area contributed by atoms with Gasteiger partial charge in [-0.05, 0) is 55.2 Å². The van der Waals surface area contributed by atoms with Crippen molar-refractivity contribution in [1.29, 1.82) is 0 Å². The van der Waals surface area contributed by atoms with Crippen LogP contribution in [-0.4, -0.2) is 11.0 Å². The molecular weight excluding hydrogens is 319 g/mol. The summed E-state index contributed by atoms with van der Waals surface area (Å²) in [6.07, 6.45) is -4.43. The van der Waals surface area contributed by atoms with Gasteiger partial charge in [0.2, 0.25) is 5.91 Å². The van der Waals surface area contributed by atoms with Gasteiger partial charge in [-0.1, -0.05) is 24.3 Å². The van der Waals surface area contributed by atoms with Crippen molar-refractivity contribution in [2.24, 2.45) is 5.73 Å². The van der Waals surface area contributed by atoms with Crippen molar-refractivity contribution in [3.8, 4) is 0 Å². The Bertz CT molecular complexity index is 729. The van der Waals surface area contributed by atoms with E-state index in [4.69, 9.17) is 5.73 Å². The molecule has 2 aromatic rings. The molecule has 24 heavy (non-hydrogen) atoms. The van der Waals surface area contributed by atoms with E-state index in [9.17, 15) is 23.1 Å². The Labute approximate surface area is 137 Å². The molecule has 0 aromatic heterocycles. The predicted octanol–water partition coefficient (Wildman–Crippen LogP) is 3.62. The van der Waals surface area contributed by atoms with Gasteiger partial charge in [-0.15, -0.1) is 0 Å². The molecule has 0 spiro atoms. The fourth-order valence-corrected chi connectivity index (χ4v) is 2.45. The molecule has 2 rings (SSSR count). The second kappa shape index (κ2) is 6.28. The number of amides is 1. The highest BCUT2D eigenvalue weighted by Gasteiger charge is 2.32. The van der Waals surface area contributed by atoms with Crippen LogP contribution in [0.3, 0.4) is 0 Å². The smallest absolute Gasteiger partial charge is 0.386 e. The lowest BCUT2D eigenvalue weighted by Gasteiger charge is -2.21. The van der Waals surface area contributed by atoms with Crippen LogP contribution in [-0.2, 0) is 18.2 Å². The number of nitrogens with two attached hydrogens (primary N) is 1. The molecule has 3 N–H and O–H groups in total. The summed E-state index contributed by atoms with van der Waals surface area (Å²) in [5.41, 5.74) is 4.35. The Morgan fingerprint density at radius 1 is 1.08 bits per heavy atom. The topological polar surface area (TPSA) is 63.3 Å². The zero-order valence-corrected chi connectivity index (χ0v) is 13.3. The minimum atomic E-state index is -4.53. The molecule has 0 radical (unpaired) electrons. The number of carbonyl (C=O) groups is 1. The van der Waals surface area contributed by atoms with Gasteiger partial charge < -0.3 is 10.8 Å². The molecule has 0 bridgehead atoms. The van der Waals surface area contributed by atoms with Gasteiger partial charge in [-0.2, -0.15) is 13.2 Å². The summed E-state index contributed by atoms with van der Waals surface area (Å²) >= 11 is 0. The van der Waals surface area contributed by atoms with Gasteiger partial charge in [0.05, 0.1) is 11.2 Å². The fourth-order valence-electron chi connectivity index (χ4n) is 2.45. The first kappa shape index (κ1) is 18.0. The number of hydrogen-bond acceptors (Lipinski definition) is 2. The average Bonchev–Trinajstić information content (AvgIpc) is 2.45. The van der Waals surface area contributed by atoms with Crippen molar-refractivity contribution in [3.05, 3.63) is 70.3 Å². The Morgan fingerprint density at radius 3 is 2.21 bits per heavy atom. The molecule has 0 aliphatic carbocycles. The number of rotatable bonds is 4. The van der Waals surface area contributed by atoms with Crippen LogP contribution in [0.5, 0.6) is 0 Å². The van der Waals surface area contributed by atoms with Crippen molar-refractivity contribution in [2.45, 2.75) is 32.0 Å². The number of benzene rings is 2. The number of alkyl halides is 3. The lowest BCUT2D eigenvalue weighted by molar-refractivity contribution is -0.137. The van der Waals surface area contributed by atoms with E-state index < -0.39 is 23.2 Å². The van der Waals surface area contributed by atoms with E-state index in [-0.39, 0.29) is 17.5 Å². The van der Waals surface area contributed by atoms with Crippen molar-refractivity contribution in [1.82, 2.24) is 0 Å². The number of carbonyl (C=O) groups excluding carboxylic acids is 1. The highest BCUT2D eigenvalue weighted by Crippen LogP contribution is 2.34. The molecule has 3 nitrogen and oxygen atoms in total. The van der Waals surface area contributed by atoms with Crippen LogP contribution in [0.25, 0.3) is 0 Å². The van der Waals surface area contributed by atoms with E-state index >= 15 is 0 Å². The van der Waals surface area contributed by atoms with Gasteiger partial charge >= 0.3 is 6.18 Å². The van der Waals surface area contributed by atoms with Crippen LogP contribution >= 0.6 is 0 Å².